The number of aromatic amines is 1. The number of aromatic nitrogens is 2. The number of carbonyl (C=O) groups is 1. The average Bonchev–Trinajstić information content (AvgIpc) is 2.36. The summed E-state index contributed by atoms with van der Waals surface area (Å²) in [5, 5.41) is 0. The molecule has 1 amide bonds. The lowest BCUT2D eigenvalue weighted by atomic mass is 10.0. The number of carbonyl (C=O) groups excluding carboxylic acids is 1. The van der Waals surface area contributed by atoms with Crippen molar-refractivity contribution in [2.45, 2.75) is 32.2 Å². The molecule has 0 radical (unpaired) electrons. The molecule has 0 spiro atoms. The summed E-state index contributed by atoms with van der Waals surface area (Å²) in [6.45, 7) is 2.65. The van der Waals surface area contributed by atoms with E-state index in [0.29, 0.717) is 6.54 Å². The molecule has 0 aliphatic carbocycles. The minimum atomic E-state index is -0.540. The third-order valence-corrected chi connectivity index (χ3v) is 3.47. The van der Waals surface area contributed by atoms with Crippen LogP contribution in [0.15, 0.2) is 15.8 Å². The van der Waals surface area contributed by atoms with Crippen LogP contribution in [-0.2, 0) is 7.05 Å². The molecule has 6 heteroatoms. The lowest BCUT2D eigenvalue weighted by Gasteiger charge is -2.33. The first kappa shape index (κ1) is 12.6. The van der Waals surface area contributed by atoms with Crippen LogP contribution in [0.25, 0.3) is 0 Å². The maximum Gasteiger partial charge on any atom is 0.328 e. The summed E-state index contributed by atoms with van der Waals surface area (Å²) in [4.78, 5) is 39.5. The van der Waals surface area contributed by atoms with Gasteiger partial charge < -0.3 is 9.88 Å². The maximum absolute atomic E-state index is 12.3. The molecular formula is C12H17N3O3. The number of H-pyrrole nitrogens is 1. The molecule has 18 heavy (non-hydrogen) atoms. The van der Waals surface area contributed by atoms with Gasteiger partial charge in [0.15, 0.2) is 0 Å². The highest BCUT2D eigenvalue weighted by atomic mass is 16.2. The van der Waals surface area contributed by atoms with Gasteiger partial charge in [-0.25, -0.2) is 4.79 Å². The molecule has 0 saturated carbocycles. The number of nitrogens with one attached hydrogen (secondary N) is 1. The number of hydrogen-bond acceptors (Lipinski definition) is 3. The highest BCUT2D eigenvalue weighted by Gasteiger charge is 2.26. The molecule has 1 aliphatic heterocycles. The fourth-order valence-corrected chi connectivity index (χ4v) is 2.27. The number of piperidine rings is 1. The monoisotopic (exact) mass is 251 g/mol. The van der Waals surface area contributed by atoms with Gasteiger partial charge in [-0.1, -0.05) is 0 Å². The Bertz CT molecular complexity index is 573. The molecule has 1 saturated heterocycles. The van der Waals surface area contributed by atoms with Gasteiger partial charge in [0.1, 0.15) is 5.56 Å². The Labute approximate surface area is 104 Å². The lowest BCUT2D eigenvalue weighted by Crippen LogP contribution is -2.46. The van der Waals surface area contributed by atoms with E-state index >= 15 is 0 Å². The Morgan fingerprint density at radius 1 is 1.39 bits per heavy atom. The summed E-state index contributed by atoms with van der Waals surface area (Å²) < 4.78 is 0.918. The van der Waals surface area contributed by atoms with E-state index in [4.69, 9.17) is 0 Å². The van der Waals surface area contributed by atoms with E-state index in [-0.39, 0.29) is 17.5 Å². The molecular weight excluding hydrogens is 234 g/mol. The topological polar surface area (TPSA) is 75.2 Å². The highest BCUT2D eigenvalue weighted by Crippen LogP contribution is 2.17. The Morgan fingerprint density at radius 2 is 2.11 bits per heavy atom. The molecule has 6 nitrogen and oxygen atoms in total. The molecule has 1 N–H and O–H groups in total. The van der Waals surface area contributed by atoms with Gasteiger partial charge in [0.25, 0.3) is 11.5 Å². The van der Waals surface area contributed by atoms with Crippen LogP contribution in [0.5, 0.6) is 0 Å². The van der Waals surface area contributed by atoms with Crippen LogP contribution in [0.1, 0.15) is 36.5 Å². The molecule has 1 atom stereocenters. The molecule has 0 aromatic carbocycles. The minimum absolute atomic E-state index is 0.0332. The molecule has 1 aliphatic rings. The van der Waals surface area contributed by atoms with Crippen molar-refractivity contribution < 1.29 is 4.79 Å². The summed E-state index contributed by atoms with van der Waals surface area (Å²) in [6.07, 6.45) is 4.23. The van der Waals surface area contributed by atoms with Crippen molar-refractivity contribution in [1.82, 2.24) is 14.5 Å². The van der Waals surface area contributed by atoms with E-state index in [1.54, 1.807) is 4.90 Å². The SMILES string of the molecule is CC1CCCCN1C(=O)c1c[nH]c(=O)n(C)c1=O. The lowest BCUT2D eigenvalue weighted by molar-refractivity contribution is 0.0632. The third kappa shape index (κ3) is 2.10. The minimum Gasteiger partial charge on any atom is -0.336 e. The average molecular weight is 251 g/mol. The van der Waals surface area contributed by atoms with Crippen molar-refractivity contribution in [3.8, 4) is 0 Å². The first-order chi connectivity index (χ1) is 8.52. The van der Waals surface area contributed by atoms with Gasteiger partial charge in [-0.2, -0.15) is 0 Å². The molecule has 2 heterocycles. The fraction of sp³-hybridized carbons (Fsp3) is 0.583. The second kappa shape index (κ2) is 4.80. The third-order valence-electron chi connectivity index (χ3n) is 3.47. The first-order valence-electron chi connectivity index (χ1n) is 6.12. The van der Waals surface area contributed by atoms with E-state index in [1.165, 1.54) is 13.2 Å². The van der Waals surface area contributed by atoms with Gasteiger partial charge >= 0.3 is 5.69 Å². The van der Waals surface area contributed by atoms with Crippen molar-refractivity contribution in [3.63, 3.8) is 0 Å². The largest absolute Gasteiger partial charge is 0.336 e. The van der Waals surface area contributed by atoms with Crippen LogP contribution in [0.3, 0.4) is 0 Å². The van der Waals surface area contributed by atoms with Crippen molar-refractivity contribution in [2.75, 3.05) is 6.54 Å². The fourth-order valence-electron chi connectivity index (χ4n) is 2.27. The molecule has 1 aromatic rings. The number of rotatable bonds is 1. The molecule has 1 fully saturated rings. The van der Waals surface area contributed by atoms with Crippen molar-refractivity contribution in [1.29, 1.82) is 0 Å². The Kier molecular flexibility index (Phi) is 3.36. The second-order valence-electron chi connectivity index (χ2n) is 4.72. The summed E-state index contributed by atoms with van der Waals surface area (Å²) in [7, 11) is 1.36. The zero-order valence-electron chi connectivity index (χ0n) is 10.6. The first-order valence-corrected chi connectivity index (χ1v) is 6.12. The van der Waals surface area contributed by atoms with Gasteiger partial charge in [0.05, 0.1) is 0 Å². The van der Waals surface area contributed by atoms with Crippen LogP contribution in [-0.4, -0.2) is 32.9 Å². The predicted molar refractivity (Wildman–Crippen MR) is 66.7 cm³/mol. The Balaban J connectivity index is 2.37. The van der Waals surface area contributed by atoms with E-state index in [0.717, 1.165) is 23.8 Å². The van der Waals surface area contributed by atoms with E-state index < -0.39 is 11.2 Å². The number of hydrogen-bond donors (Lipinski definition) is 1. The highest BCUT2D eigenvalue weighted by molar-refractivity contribution is 5.93. The maximum atomic E-state index is 12.3. The number of amides is 1. The van der Waals surface area contributed by atoms with Crippen molar-refractivity contribution in [2.24, 2.45) is 7.05 Å². The van der Waals surface area contributed by atoms with Gasteiger partial charge in [-0.3, -0.25) is 14.2 Å². The number of likely N-dealkylation sites (tertiary alicyclic amines) is 1. The van der Waals surface area contributed by atoms with Crippen molar-refractivity contribution >= 4 is 5.91 Å². The van der Waals surface area contributed by atoms with Gasteiger partial charge in [0, 0.05) is 25.8 Å². The Hall–Kier alpha value is -1.85. The second-order valence-corrected chi connectivity index (χ2v) is 4.72. The normalized spacial score (nSPS) is 19.9. The van der Waals surface area contributed by atoms with Crippen LogP contribution in [0.4, 0.5) is 0 Å². The van der Waals surface area contributed by atoms with E-state index in [1.807, 2.05) is 6.92 Å². The summed E-state index contributed by atoms with van der Waals surface area (Å²) >= 11 is 0. The molecule has 1 unspecified atom stereocenters. The summed E-state index contributed by atoms with van der Waals surface area (Å²) in [5.74, 6) is -0.293. The zero-order chi connectivity index (χ0) is 13.3. The van der Waals surface area contributed by atoms with Crippen molar-refractivity contribution in [3.05, 3.63) is 32.6 Å². The van der Waals surface area contributed by atoms with Gasteiger partial charge in [-0.15, -0.1) is 0 Å². The van der Waals surface area contributed by atoms with Crippen LogP contribution in [0, 0.1) is 0 Å². The molecule has 2 rings (SSSR count). The van der Waals surface area contributed by atoms with Gasteiger partial charge in [-0.05, 0) is 26.2 Å². The standard InChI is InChI=1S/C12H17N3O3/c1-8-5-3-4-6-15(8)11(17)9-7-13-12(18)14(2)10(9)16/h7-8H,3-6H2,1-2H3,(H,13,18). The zero-order valence-corrected chi connectivity index (χ0v) is 10.6. The molecule has 1 aromatic heterocycles. The van der Waals surface area contributed by atoms with Crippen LogP contribution in [0.2, 0.25) is 0 Å². The summed E-state index contributed by atoms with van der Waals surface area (Å²) in [5.41, 5.74) is -1.02. The summed E-state index contributed by atoms with van der Waals surface area (Å²) in [6, 6.07) is 0.142. The van der Waals surface area contributed by atoms with Crippen LogP contribution < -0.4 is 11.2 Å². The smallest absolute Gasteiger partial charge is 0.328 e. The van der Waals surface area contributed by atoms with E-state index in [9.17, 15) is 14.4 Å². The van der Waals surface area contributed by atoms with E-state index in [2.05, 4.69) is 4.98 Å². The Morgan fingerprint density at radius 3 is 2.78 bits per heavy atom. The van der Waals surface area contributed by atoms with Crippen LogP contribution >= 0.6 is 0 Å². The molecule has 98 valence electrons. The van der Waals surface area contributed by atoms with Gasteiger partial charge in [0.2, 0.25) is 0 Å². The predicted octanol–water partition coefficient (Wildman–Crippen LogP) is 0.0882. The number of nitrogens with zero attached hydrogens (tertiary/aromatic N) is 2. The quantitative estimate of drug-likeness (QED) is 0.768. The molecule has 0 bridgehead atoms.